The van der Waals surface area contributed by atoms with Crippen molar-refractivity contribution in [2.75, 3.05) is 6.54 Å². The van der Waals surface area contributed by atoms with Gasteiger partial charge in [0.25, 0.3) is 0 Å². The van der Waals surface area contributed by atoms with Gasteiger partial charge in [0.1, 0.15) is 12.1 Å². The normalized spacial score (nSPS) is 21.1. The van der Waals surface area contributed by atoms with Crippen molar-refractivity contribution in [1.82, 2.24) is 10.6 Å². The molecule has 1 fully saturated rings. The van der Waals surface area contributed by atoms with Gasteiger partial charge in [-0.3, -0.25) is 9.59 Å². The molecule has 0 aromatic rings. The second kappa shape index (κ2) is 9.52. The van der Waals surface area contributed by atoms with E-state index in [4.69, 9.17) is 25.5 Å². The van der Waals surface area contributed by atoms with E-state index in [1.165, 1.54) is 0 Å². The number of carboxylic acids is 3. The molecule has 11 heteroatoms. The molecule has 0 saturated carbocycles. The number of amides is 1. The summed E-state index contributed by atoms with van der Waals surface area (Å²) in [6.07, 6.45) is -2.30. The summed E-state index contributed by atoms with van der Waals surface area (Å²) in [4.78, 5) is 40.6. The number of rotatable bonds is 6. The van der Waals surface area contributed by atoms with E-state index in [1.54, 1.807) is 5.32 Å². The molecule has 1 saturated heterocycles. The minimum Gasteiger partial charge on any atom is -0.481 e. The first-order valence-electron chi connectivity index (χ1n) is 6.21. The van der Waals surface area contributed by atoms with Gasteiger partial charge in [-0.2, -0.15) is 0 Å². The summed E-state index contributed by atoms with van der Waals surface area (Å²) >= 11 is 0. The van der Waals surface area contributed by atoms with Crippen LogP contribution < -0.4 is 10.6 Å². The fourth-order valence-electron chi connectivity index (χ4n) is 1.58. The number of aliphatic hydroxyl groups is 1. The summed E-state index contributed by atoms with van der Waals surface area (Å²) in [6, 6.07) is -1.91. The minimum absolute atomic E-state index is 0.267. The van der Waals surface area contributed by atoms with Crippen LogP contribution in [0.1, 0.15) is 19.3 Å². The van der Waals surface area contributed by atoms with Crippen molar-refractivity contribution in [1.29, 1.82) is 0 Å². The second-order valence-electron chi connectivity index (χ2n) is 4.46. The standard InChI is InChI=1S/C6H9NO6.C5H9NO3/c8-4(9)2-1-3(5(10)11)7-6(12)13;7-3-1-4(5(8)9)6-2-3/h3,7H,1-2H2,(H,8,9)(H,10,11)(H,12,13);3-4,6-7H,1-2H2,(H,8,9)/t3-;3?,4-/m00/s1. The van der Waals surface area contributed by atoms with Gasteiger partial charge < -0.3 is 36.2 Å². The zero-order chi connectivity index (χ0) is 17.3. The van der Waals surface area contributed by atoms with Gasteiger partial charge in [-0.05, 0) is 6.42 Å². The van der Waals surface area contributed by atoms with Crippen LogP contribution in [0.25, 0.3) is 0 Å². The molecule has 0 aliphatic carbocycles. The second-order valence-corrected chi connectivity index (χ2v) is 4.46. The first-order valence-corrected chi connectivity index (χ1v) is 6.21. The molecule has 1 rings (SSSR count). The Hall–Kier alpha value is -2.40. The van der Waals surface area contributed by atoms with Crippen LogP contribution in [0.4, 0.5) is 4.79 Å². The number of nitrogens with one attached hydrogen (secondary N) is 2. The van der Waals surface area contributed by atoms with E-state index < -0.39 is 48.6 Å². The molecular formula is C11H18N2O9. The maximum atomic E-state index is 10.3. The van der Waals surface area contributed by atoms with Crippen molar-refractivity contribution in [3.05, 3.63) is 0 Å². The monoisotopic (exact) mass is 322 g/mol. The number of hydrogen-bond donors (Lipinski definition) is 7. The highest BCUT2D eigenvalue weighted by Crippen LogP contribution is 2.05. The molecule has 126 valence electrons. The Morgan fingerprint density at radius 1 is 1.14 bits per heavy atom. The summed E-state index contributed by atoms with van der Waals surface area (Å²) in [5.41, 5.74) is 0. The van der Waals surface area contributed by atoms with Crippen LogP contribution in [0.5, 0.6) is 0 Å². The molecule has 0 spiro atoms. The highest BCUT2D eigenvalue weighted by Gasteiger charge is 2.27. The van der Waals surface area contributed by atoms with Crippen molar-refractivity contribution in [3.63, 3.8) is 0 Å². The Balaban J connectivity index is 0.000000425. The molecule has 1 amide bonds. The van der Waals surface area contributed by atoms with Gasteiger partial charge in [0.05, 0.1) is 6.10 Å². The zero-order valence-corrected chi connectivity index (χ0v) is 11.4. The lowest BCUT2D eigenvalue weighted by Crippen LogP contribution is -2.40. The fraction of sp³-hybridized carbons (Fsp3) is 0.636. The third-order valence-electron chi connectivity index (χ3n) is 2.65. The SMILES string of the molecule is O=C(O)CC[C@H](NC(=O)O)C(=O)O.O=C(O)[C@@H]1CC(O)CN1. The smallest absolute Gasteiger partial charge is 0.405 e. The van der Waals surface area contributed by atoms with E-state index in [9.17, 15) is 19.2 Å². The number of aliphatic carboxylic acids is 3. The highest BCUT2D eigenvalue weighted by atomic mass is 16.4. The van der Waals surface area contributed by atoms with Crippen LogP contribution in [0.2, 0.25) is 0 Å². The minimum atomic E-state index is -1.49. The van der Waals surface area contributed by atoms with E-state index in [0.717, 1.165) is 0 Å². The lowest BCUT2D eigenvalue weighted by atomic mass is 10.1. The summed E-state index contributed by atoms with van der Waals surface area (Å²) < 4.78 is 0. The molecular weight excluding hydrogens is 304 g/mol. The topological polar surface area (TPSA) is 193 Å². The van der Waals surface area contributed by atoms with E-state index in [0.29, 0.717) is 13.0 Å². The Morgan fingerprint density at radius 2 is 1.73 bits per heavy atom. The Bertz CT molecular complexity index is 426. The Labute approximate surface area is 124 Å². The quantitative estimate of drug-likeness (QED) is 0.298. The van der Waals surface area contributed by atoms with E-state index in [1.807, 2.05) is 0 Å². The van der Waals surface area contributed by atoms with Crippen molar-refractivity contribution in [2.24, 2.45) is 0 Å². The molecule has 1 aliphatic heterocycles. The predicted octanol–water partition coefficient (Wildman–Crippen LogP) is -1.63. The molecule has 1 heterocycles. The maximum Gasteiger partial charge on any atom is 0.405 e. The first kappa shape index (κ1) is 19.6. The summed E-state index contributed by atoms with van der Waals surface area (Å²) in [5, 5.41) is 46.3. The predicted molar refractivity (Wildman–Crippen MR) is 69.5 cm³/mol. The average Bonchev–Trinajstić information content (AvgIpc) is 2.81. The first-order chi connectivity index (χ1) is 10.1. The lowest BCUT2D eigenvalue weighted by molar-refractivity contribution is -0.141. The Kier molecular flexibility index (Phi) is 8.48. The van der Waals surface area contributed by atoms with E-state index >= 15 is 0 Å². The number of aliphatic hydroxyl groups excluding tert-OH is 1. The average molecular weight is 322 g/mol. The van der Waals surface area contributed by atoms with Crippen molar-refractivity contribution in [3.8, 4) is 0 Å². The van der Waals surface area contributed by atoms with Crippen LogP contribution >= 0.6 is 0 Å². The van der Waals surface area contributed by atoms with Gasteiger partial charge in [0.15, 0.2) is 0 Å². The van der Waals surface area contributed by atoms with Crippen LogP contribution in [0.15, 0.2) is 0 Å². The number of carbonyl (C=O) groups is 4. The van der Waals surface area contributed by atoms with Crippen LogP contribution in [0.3, 0.4) is 0 Å². The summed E-state index contributed by atoms with van der Waals surface area (Å²) in [7, 11) is 0. The summed E-state index contributed by atoms with van der Waals surface area (Å²) in [5.74, 6) is -3.44. The van der Waals surface area contributed by atoms with Crippen molar-refractivity contribution in [2.45, 2.75) is 37.5 Å². The summed E-state index contributed by atoms with van der Waals surface area (Å²) in [6.45, 7) is 0.400. The van der Waals surface area contributed by atoms with Gasteiger partial charge in [-0.15, -0.1) is 0 Å². The van der Waals surface area contributed by atoms with Gasteiger partial charge in [-0.25, -0.2) is 9.59 Å². The molecule has 22 heavy (non-hydrogen) atoms. The molecule has 3 atom stereocenters. The molecule has 0 aromatic carbocycles. The maximum absolute atomic E-state index is 10.3. The van der Waals surface area contributed by atoms with E-state index in [2.05, 4.69) is 5.32 Å². The fourth-order valence-corrected chi connectivity index (χ4v) is 1.58. The molecule has 0 radical (unpaired) electrons. The number of hydrogen-bond acceptors (Lipinski definition) is 6. The third kappa shape index (κ3) is 8.71. The van der Waals surface area contributed by atoms with Gasteiger partial charge >= 0.3 is 24.0 Å². The third-order valence-corrected chi connectivity index (χ3v) is 2.65. The Morgan fingerprint density at radius 3 is 2.00 bits per heavy atom. The zero-order valence-electron chi connectivity index (χ0n) is 11.4. The van der Waals surface area contributed by atoms with Crippen LogP contribution in [0, 0.1) is 0 Å². The number of β-amino-alcohol motifs (C(OH)–C–C–N with tert-alkyl or cyclic N) is 1. The van der Waals surface area contributed by atoms with E-state index in [-0.39, 0.29) is 6.42 Å². The molecule has 1 unspecified atom stereocenters. The molecule has 7 N–H and O–H groups in total. The molecule has 0 aromatic heterocycles. The number of carboxylic acid groups (broad SMARTS) is 4. The molecule has 11 nitrogen and oxygen atoms in total. The van der Waals surface area contributed by atoms with Crippen LogP contribution in [-0.4, -0.2) is 74.3 Å². The van der Waals surface area contributed by atoms with Gasteiger partial charge in [-0.1, -0.05) is 0 Å². The van der Waals surface area contributed by atoms with Crippen molar-refractivity contribution >= 4 is 24.0 Å². The van der Waals surface area contributed by atoms with Crippen LogP contribution in [-0.2, 0) is 14.4 Å². The lowest BCUT2D eigenvalue weighted by Gasteiger charge is -2.09. The molecule has 1 aliphatic rings. The van der Waals surface area contributed by atoms with Gasteiger partial charge in [0, 0.05) is 19.4 Å². The van der Waals surface area contributed by atoms with Crippen molar-refractivity contribution < 1.29 is 44.7 Å². The molecule has 0 bridgehead atoms. The van der Waals surface area contributed by atoms with Gasteiger partial charge in [0.2, 0.25) is 0 Å². The largest absolute Gasteiger partial charge is 0.481 e. The highest BCUT2D eigenvalue weighted by molar-refractivity contribution is 5.79.